The molecule has 0 saturated carbocycles. The first-order chi connectivity index (χ1) is 12.6. The van der Waals surface area contributed by atoms with Crippen LogP contribution >= 0.6 is 11.8 Å². The lowest BCUT2D eigenvalue weighted by atomic mass is 10.1. The summed E-state index contributed by atoms with van der Waals surface area (Å²) in [5, 5.41) is 3.76. The van der Waals surface area contributed by atoms with Gasteiger partial charge in [-0.05, 0) is 50.3 Å². The van der Waals surface area contributed by atoms with Crippen LogP contribution in [-0.2, 0) is 9.59 Å². The van der Waals surface area contributed by atoms with Crippen molar-refractivity contribution in [3.8, 4) is 0 Å². The molecule has 0 aromatic heterocycles. The predicted molar refractivity (Wildman–Crippen MR) is 107 cm³/mol. The number of hydrogen-bond acceptors (Lipinski definition) is 4. The van der Waals surface area contributed by atoms with Gasteiger partial charge in [0.25, 0.3) is 5.91 Å². The molecular weight excluding hydrogens is 344 g/mol. The van der Waals surface area contributed by atoms with Crippen LogP contribution in [0, 0.1) is 0 Å². The van der Waals surface area contributed by atoms with Gasteiger partial charge in [0.05, 0.1) is 16.3 Å². The van der Waals surface area contributed by atoms with E-state index in [4.69, 9.17) is 0 Å². The van der Waals surface area contributed by atoms with E-state index in [0.717, 1.165) is 17.3 Å². The van der Waals surface area contributed by atoms with Crippen molar-refractivity contribution >= 4 is 34.8 Å². The second-order valence-electron chi connectivity index (χ2n) is 5.78. The van der Waals surface area contributed by atoms with Gasteiger partial charge in [-0.25, -0.2) is 0 Å². The third-order valence-electron chi connectivity index (χ3n) is 4.00. The molecule has 0 unspecified atom stereocenters. The van der Waals surface area contributed by atoms with Crippen molar-refractivity contribution in [2.24, 2.45) is 0 Å². The zero-order valence-electron chi connectivity index (χ0n) is 14.7. The predicted octanol–water partition coefficient (Wildman–Crippen LogP) is 4.61. The van der Waals surface area contributed by atoms with Gasteiger partial charge >= 0.3 is 0 Å². The lowest BCUT2D eigenvalue weighted by Crippen LogP contribution is -2.19. The van der Waals surface area contributed by atoms with Crippen molar-refractivity contribution in [1.29, 1.82) is 0 Å². The monoisotopic (exact) mass is 364 g/mol. The third kappa shape index (κ3) is 3.89. The SMILES string of the molecule is CCN1/C(=C/C=C(/C(C)=O)C(=O)Nc2ccccc2)Sc2ccccc21. The summed E-state index contributed by atoms with van der Waals surface area (Å²) in [6.45, 7) is 4.30. The van der Waals surface area contributed by atoms with Crippen LogP contribution in [0.1, 0.15) is 13.8 Å². The molecule has 0 spiro atoms. The average Bonchev–Trinajstić information content (AvgIpc) is 2.99. The summed E-state index contributed by atoms with van der Waals surface area (Å²) in [6.07, 6.45) is 3.45. The van der Waals surface area contributed by atoms with Crippen LogP contribution in [0.5, 0.6) is 0 Å². The Kier molecular flexibility index (Phi) is 5.58. The Morgan fingerprint density at radius 3 is 2.46 bits per heavy atom. The maximum atomic E-state index is 12.5. The Hall–Kier alpha value is -2.79. The number of anilines is 2. The topological polar surface area (TPSA) is 49.4 Å². The average molecular weight is 364 g/mol. The molecule has 2 aromatic carbocycles. The van der Waals surface area contributed by atoms with Crippen LogP contribution in [0.4, 0.5) is 11.4 Å². The number of para-hydroxylation sites is 2. The van der Waals surface area contributed by atoms with Gasteiger partial charge < -0.3 is 10.2 Å². The molecule has 1 aliphatic heterocycles. The Labute approximate surface area is 157 Å². The fourth-order valence-corrected chi connectivity index (χ4v) is 3.86. The summed E-state index contributed by atoms with van der Waals surface area (Å²) < 4.78 is 0. The molecule has 0 saturated heterocycles. The molecule has 132 valence electrons. The van der Waals surface area contributed by atoms with Crippen LogP contribution < -0.4 is 10.2 Å². The van der Waals surface area contributed by atoms with E-state index in [-0.39, 0.29) is 11.4 Å². The number of amides is 1. The third-order valence-corrected chi connectivity index (χ3v) is 5.13. The number of thioether (sulfide) groups is 1. The molecule has 2 aromatic rings. The van der Waals surface area contributed by atoms with Crippen molar-refractivity contribution in [2.45, 2.75) is 18.7 Å². The van der Waals surface area contributed by atoms with Gasteiger partial charge in [0, 0.05) is 17.1 Å². The van der Waals surface area contributed by atoms with Crippen molar-refractivity contribution < 1.29 is 9.59 Å². The number of carbonyl (C=O) groups is 2. The van der Waals surface area contributed by atoms with Crippen LogP contribution in [-0.4, -0.2) is 18.2 Å². The first-order valence-electron chi connectivity index (χ1n) is 8.44. The van der Waals surface area contributed by atoms with Gasteiger partial charge in [-0.1, -0.05) is 42.1 Å². The van der Waals surface area contributed by atoms with E-state index in [1.807, 2.05) is 36.4 Å². The van der Waals surface area contributed by atoms with E-state index in [1.54, 1.807) is 30.0 Å². The van der Waals surface area contributed by atoms with Gasteiger partial charge in [0.2, 0.25) is 0 Å². The summed E-state index contributed by atoms with van der Waals surface area (Å²) in [6, 6.07) is 17.3. The standard InChI is InChI=1S/C21H20N2O2S/c1-3-23-18-11-7-8-12-19(18)26-20(23)14-13-17(15(2)24)21(25)22-16-9-5-4-6-10-16/h4-14H,3H2,1-2H3,(H,22,25)/b17-13-,20-14-. The number of carbonyl (C=O) groups excluding carboxylic acids is 2. The number of Topliss-reactive ketones (excluding diaryl/α,β-unsaturated/α-hetero) is 1. The highest BCUT2D eigenvalue weighted by Gasteiger charge is 2.23. The van der Waals surface area contributed by atoms with Gasteiger partial charge in [0.15, 0.2) is 5.78 Å². The number of nitrogens with zero attached hydrogens (tertiary/aromatic N) is 1. The maximum Gasteiger partial charge on any atom is 0.259 e. The molecule has 26 heavy (non-hydrogen) atoms. The number of benzene rings is 2. The zero-order valence-corrected chi connectivity index (χ0v) is 15.5. The summed E-state index contributed by atoms with van der Waals surface area (Å²) in [7, 11) is 0. The van der Waals surface area contributed by atoms with E-state index >= 15 is 0 Å². The molecule has 1 N–H and O–H groups in total. The maximum absolute atomic E-state index is 12.5. The first-order valence-corrected chi connectivity index (χ1v) is 9.25. The Balaban J connectivity index is 1.85. The summed E-state index contributed by atoms with van der Waals surface area (Å²) in [4.78, 5) is 27.8. The first kappa shape index (κ1) is 18.0. The number of nitrogens with one attached hydrogen (secondary N) is 1. The van der Waals surface area contributed by atoms with E-state index in [1.165, 1.54) is 11.8 Å². The quantitative estimate of drug-likeness (QED) is 0.478. The highest BCUT2D eigenvalue weighted by Crippen LogP contribution is 2.45. The summed E-state index contributed by atoms with van der Waals surface area (Å²) in [5.41, 5.74) is 1.95. The molecule has 1 aliphatic rings. The fraction of sp³-hybridized carbons (Fsp3) is 0.143. The normalized spacial score (nSPS) is 15.1. The van der Waals surface area contributed by atoms with E-state index in [2.05, 4.69) is 29.3 Å². The molecule has 0 atom stereocenters. The largest absolute Gasteiger partial charge is 0.335 e. The molecule has 0 aliphatic carbocycles. The molecule has 4 nitrogen and oxygen atoms in total. The highest BCUT2D eigenvalue weighted by molar-refractivity contribution is 8.03. The van der Waals surface area contributed by atoms with Crippen molar-refractivity contribution in [2.75, 3.05) is 16.8 Å². The summed E-state index contributed by atoms with van der Waals surface area (Å²) in [5.74, 6) is -0.664. The minimum Gasteiger partial charge on any atom is -0.335 e. The van der Waals surface area contributed by atoms with Gasteiger partial charge in [-0.3, -0.25) is 9.59 Å². The summed E-state index contributed by atoms with van der Waals surface area (Å²) >= 11 is 1.64. The van der Waals surface area contributed by atoms with E-state index in [9.17, 15) is 9.59 Å². The molecule has 0 radical (unpaired) electrons. The molecule has 1 heterocycles. The second-order valence-corrected chi connectivity index (χ2v) is 6.84. The van der Waals surface area contributed by atoms with Gasteiger partial charge in [0.1, 0.15) is 0 Å². The minimum absolute atomic E-state index is 0.133. The van der Waals surface area contributed by atoms with E-state index in [0.29, 0.717) is 5.69 Å². The molecule has 0 fully saturated rings. The van der Waals surface area contributed by atoms with Crippen molar-refractivity contribution in [1.82, 2.24) is 0 Å². The number of fused-ring (bicyclic) bond motifs is 1. The second kappa shape index (κ2) is 8.06. The van der Waals surface area contributed by atoms with Crippen molar-refractivity contribution in [3.05, 3.63) is 77.4 Å². The zero-order chi connectivity index (χ0) is 18.5. The molecule has 1 amide bonds. The van der Waals surface area contributed by atoms with Crippen LogP contribution in [0.2, 0.25) is 0 Å². The number of rotatable bonds is 5. The Morgan fingerprint density at radius 1 is 1.08 bits per heavy atom. The lowest BCUT2D eigenvalue weighted by Gasteiger charge is -2.17. The number of allylic oxidation sites excluding steroid dienone is 2. The van der Waals surface area contributed by atoms with Crippen molar-refractivity contribution in [3.63, 3.8) is 0 Å². The molecule has 0 bridgehead atoms. The smallest absolute Gasteiger partial charge is 0.259 e. The van der Waals surface area contributed by atoms with Gasteiger partial charge in [-0.2, -0.15) is 0 Å². The minimum atomic E-state index is -0.399. The lowest BCUT2D eigenvalue weighted by molar-refractivity contribution is -0.118. The molecule has 3 rings (SSSR count). The molecular formula is C21H20N2O2S. The Bertz CT molecular complexity index is 888. The Morgan fingerprint density at radius 2 is 1.77 bits per heavy atom. The van der Waals surface area contributed by atoms with Gasteiger partial charge in [-0.15, -0.1) is 0 Å². The van der Waals surface area contributed by atoms with E-state index < -0.39 is 5.91 Å². The fourth-order valence-electron chi connectivity index (χ4n) is 2.73. The number of hydrogen-bond donors (Lipinski definition) is 1. The van der Waals surface area contributed by atoms with Crippen LogP contribution in [0.15, 0.2) is 82.2 Å². The highest BCUT2D eigenvalue weighted by atomic mass is 32.2. The van der Waals surface area contributed by atoms with Crippen LogP contribution in [0.25, 0.3) is 0 Å². The molecule has 5 heteroatoms. The number of ketones is 1. The van der Waals surface area contributed by atoms with Crippen LogP contribution in [0.3, 0.4) is 0 Å².